The summed E-state index contributed by atoms with van der Waals surface area (Å²) in [5, 5.41) is 11.8. The highest BCUT2D eigenvalue weighted by atomic mass is 35.5. The number of aromatic nitrogens is 1. The molecule has 2 aromatic rings. The van der Waals surface area contributed by atoms with Gasteiger partial charge in [-0.05, 0) is 30.3 Å². The van der Waals surface area contributed by atoms with Crippen LogP contribution in [-0.2, 0) is 0 Å². The highest BCUT2D eigenvalue weighted by molar-refractivity contribution is 6.31. The molecule has 0 saturated heterocycles. The summed E-state index contributed by atoms with van der Waals surface area (Å²) in [4.78, 5) is 15.9. The number of nitrogens with one attached hydrogen (secondary N) is 1. The molecule has 0 aliphatic rings. The Morgan fingerprint density at radius 1 is 1.40 bits per heavy atom. The van der Waals surface area contributed by atoms with E-state index in [4.69, 9.17) is 21.6 Å². The van der Waals surface area contributed by atoms with Crippen LogP contribution in [0.15, 0.2) is 36.5 Å². The normalized spacial score (nSPS) is 9.65. The van der Waals surface area contributed by atoms with Crippen molar-refractivity contribution in [3.05, 3.63) is 52.8 Å². The highest BCUT2D eigenvalue weighted by Gasteiger charge is 2.10. The van der Waals surface area contributed by atoms with Gasteiger partial charge < -0.3 is 10.1 Å². The summed E-state index contributed by atoms with van der Waals surface area (Å²) in [6, 6.07) is 9.81. The minimum atomic E-state index is -0.359. The SMILES string of the molecule is COc1ccc(Cl)cc1NC(=O)c1ccc(C#N)nc1. The van der Waals surface area contributed by atoms with Gasteiger partial charge in [0.15, 0.2) is 0 Å². The molecule has 0 bridgehead atoms. The number of benzene rings is 1. The van der Waals surface area contributed by atoms with Crippen molar-refractivity contribution in [3.8, 4) is 11.8 Å². The Hall–Kier alpha value is -2.58. The van der Waals surface area contributed by atoms with E-state index in [1.165, 1.54) is 25.4 Å². The summed E-state index contributed by atoms with van der Waals surface area (Å²) in [6.07, 6.45) is 1.34. The van der Waals surface area contributed by atoms with Crippen molar-refractivity contribution in [1.29, 1.82) is 5.26 Å². The molecule has 20 heavy (non-hydrogen) atoms. The standard InChI is InChI=1S/C14H10ClN3O2/c1-20-13-5-3-10(15)6-12(13)18-14(19)9-2-4-11(7-16)17-8-9/h2-6,8H,1H3,(H,18,19). The Kier molecular flexibility index (Phi) is 4.18. The van der Waals surface area contributed by atoms with E-state index in [0.29, 0.717) is 22.0 Å². The fourth-order valence-electron chi connectivity index (χ4n) is 1.57. The molecule has 2 rings (SSSR count). The Labute approximate surface area is 120 Å². The number of methoxy groups -OCH3 is 1. The molecule has 1 aromatic heterocycles. The van der Waals surface area contributed by atoms with Crippen molar-refractivity contribution in [1.82, 2.24) is 4.98 Å². The molecule has 1 heterocycles. The number of carbonyl (C=O) groups excluding carboxylic acids is 1. The molecule has 1 aromatic carbocycles. The number of ether oxygens (including phenoxy) is 1. The average Bonchev–Trinajstić information content (AvgIpc) is 2.47. The van der Waals surface area contributed by atoms with Crippen LogP contribution in [0.5, 0.6) is 5.75 Å². The van der Waals surface area contributed by atoms with Gasteiger partial charge in [0, 0.05) is 11.2 Å². The first-order valence-electron chi connectivity index (χ1n) is 5.65. The van der Waals surface area contributed by atoms with E-state index in [9.17, 15) is 4.79 Å². The molecule has 6 heteroatoms. The first-order valence-corrected chi connectivity index (χ1v) is 6.03. The molecule has 1 amide bonds. The van der Waals surface area contributed by atoms with Crippen LogP contribution in [0.2, 0.25) is 5.02 Å². The Morgan fingerprint density at radius 3 is 2.80 bits per heavy atom. The van der Waals surface area contributed by atoms with Gasteiger partial charge >= 0.3 is 0 Å². The zero-order valence-electron chi connectivity index (χ0n) is 10.6. The number of amides is 1. The number of carbonyl (C=O) groups is 1. The smallest absolute Gasteiger partial charge is 0.257 e. The molecule has 0 unspecified atom stereocenters. The molecule has 100 valence electrons. The van der Waals surface area contributed by atoms with Crippen LogP contribution in [0.3, 0.4) is 0 Å². The fourth-order valence-corrected chi connectivity index (χ4v) is 1.74. The summed E-state index contributed by atoms with van der Waals surface area (Å²) in [6.45, 7) is 0. The van der Waals surface area contributed by atoms with Crippen molar-refractivity contribution in [2.75, 3.05) is 12.4 Å². The van der Waals surface area contributed by atoms with E-state index in [1.54, 1.807) is 18.2 Å². The van der Waals surface area contributed by atoms with Gasteiger partial charge in [-0.15, -0.1) is 0 Å². The Bertz CT molecular complexity index is 678. The van der Waals surface area contributed by atoms with Gasteiger partial charge in [-0.3, -0.25) is 4.79 Å². The monoisotopic (exact) mass is 287 g/mol. The number of rotatable bonds is 3. The van der Waals surface area contributed by atoms with Crippen LogP contribution in [0.4, 0.5) is 5.69 Å². The number of anilines is 1. The molecule has 0 aliphatic carbocycles. The van der Waals surface area contributed by atoms with Crippen LogP contribution >= 0.6 is 11.6 Å². The minimum absolute atomic E-state index is 0.252. The second-order valence-corrected chi connectivity index (χ2v) is 4.28. The van der Waals surface area contributed by atoms with Crippen molar-refractivity contribution >= 4 is 23.2 Å². The summed E-state index contributed by atoms with van der Waals surface area (Å²) in [7, 11) is 1.50. The lowest BCUT2D eigenvalue weighted by molar-refractivity contribution is 0.102. The topological polar surface area (TPSA) is 75.0 Å². The van der Waals surface area contributed by atoms with E-state index in [0.717, 1.165) is 0 Å². The number of nitriles is 1. The molecule has 0 aliphatic heterocycles. The van der Waals surface area contributed by atoms with Gasteiger partial charge in [0.05, 0.1) is 18.4 Å². The number of hydrogen-bond donors (Lipinski definition) is 1. The third-order valence-electron chi connectivity index (χ3n) is 2.55. The lowest BCUT2D eigenvalue weighted by Gasteiger charge is -2.10. The minimum Gasteiger partial charge on any atom is -0.495 e. The predicted octanol–water partition coefficient (Wildman–Crippen LogP) is 2.87. The third kappa shape index (κ3) is 3.05. The number of halogens is 1. The molecule has 0 saturated carbocycles. The first-order chi connectivity index (χ1) is 9.63. The van der Waals surface area contributed by atoms with Crippen LogP contribution in [0.1, 0.15) is 16.1 Å². The van der Waals surface area contributed by atoms with Crippen LogP contribution < -0.4 is 10.1 Å². The average molecular weight is 288 g/mol. The maximum absolute atomic E-state index is 12.1. The maximum atomic E-state index is 12.1. The van der Waals surface area contributed by atoms with Gasteiger partial charge in [0.25, 0.3) is 5.91 Å². The van der Waals surface area contributed by atoms with Gasteiger partial charge in [-0.2, -0.15) is 5.26 Å². The summed E-state index contributed by atoms with van der Waals surface area (Å²) >= 11 is 5.89. The molecule has 0 atom stereocenters. The largest absolute Gasteiger partial charge is 0.495 e. The molecular formula is C14H10ClN3O2. The van der Waals surface area contributed by atoms with E-state index < -0.39 is 0 Å². The van der Waals surface area contributed by atoms with E-state index in [1.807, 2.05) is 6.07 Å². The summed E-state index contributed by atoms with van der Waals surface area (Å²) in [5.74, 6) is 0.145. The Balaban J connectivity index is 2.23. The second kappa shape index (κ2) is 6.04. The molecule has 1 N–H and O–H groups in total. The van der Waals surface area contributed by atoms with Crippen molar-refractivity contribution in [2.45, 2.75) is 0 Å². The van der Waals surface area contributed by atoms with E-state index in [-0.39, 0.29) is 11.6 Å². The van der Waals surface area contributed by atoms with Crippen molar-refractivity contribution in [2.24, 2.45) is 0 Å². The fraction of sp³-hybridized carbons (Fsp3) is 0.0714. The van der Waals surface area contributed by atoms with Crippen molar-refractivity contribution < 1.29 is 9.53 Å². The quantitative estimate of drug-likeness (QED) is 0.942. The third-order valence-corrected chi connectivity index (χ3v) is 2.79. The number of hydrogen-bond acceptors (Lipinski definition) is 4. The van der Waals surface area contributed by atoms with Gasteiger partial charge in [0.2, 0.25) is 0 Å². The number of nitrogens with zero attached hydrogens (tertiary/aromatic N) is 2. The van der Waals surface area contributed by atoms with Crippen LogP contribution in [-0.4, -0.2) is 18.0 Å². The first kappa shape index (κ1) is 13.8. The zero-order valence-corrected chi connectivity index (χ0v) is 11.3. The lowest BCUT2D eigenvalue weighted by Crippen LogP contribution is -2.13. The predicted molar refractivity (Wildman–Crippen MR) is 74.9 cm³/mol. The van der Waals surface area contributed by atoms with Gasteiger partial charge in [-0.25, -0.2) is 4.98 Å². The summed E-state index contributed by atoms with van der Waals surface area (Å²) in [5.41, 5.74) is 1.06. The van der Waals surface area contributed by atoms with E-state index >= 15 is 0 Å². The molecule has 0 radical (unpaired) electrons. The maximum Gasteiger partial charge on any atom is 0.257 e. The molecule has 5 nitrogen and oxygen atoms in total. The second-order valence-electron chi connectivity index (χ2n) is 3.84. The molecular weight excluding hydrogens is 278 g/mol. The lowest BCUT2D eigenvalue weighted by atomic mass is 10.2. The molecule has 0 fully saturated rings. The van der Waals surface area contributed by atoms with Gasteiger partial charge in [0.1, 0.15) is 17.5 Å². The molecule has 0 spiro atoms. The number of pyridine rings is 1. The zero-order chi connectivity index (χ0) is 14.5. The Morgan fingerprint density at radius 2 is 2.20 bits per heavy atom. The summed E-state index contributed by atoms with van der Waals surface area (Å²) < 4.78 is 5.14. The highest BCUT2D eigenvalue weighted by Crippen LogP contribution is 2.28. The van der Waals surface area contributed by atoms with Crippen LogP contribution in [0.25, 0.3) is 0 Å². The van der Waals surface area contributed by atoms with Crippen molar-refractivity contribution in [3.63, 3.8) is 0 Å². The van der Waals surface area contributed by atoms with Gasteiger partial charge in [-0.1, -0.05) is 11.6 Å². The van der Waals surface area contributed by atoms with Crippen LogP contribution in [0, 0.1) is 11.3 Å². The van der Waals surface area contributed by atoms with E-state index in [2.05, 4.69) is 10.3 Å².